The number of carbonyl (C=O) groups excluding carboxylic acids is 2. The summed E-state index contributed by atoms with van der Waals surface area (Å²) in [6.07, 6.45) is 2.31. The molecule has 0 saturated carbocycles. The summed E-state index contributed by atoms with van der Waals surface area (Å²) in [7, 11) is 0. The van der Waals surface area contributed by atoms with Gasteiger partial charge in [0.15, 0.2) is 5.78 Å². The van der Waals surface area contributed by atoms with E-state index >= 15 is 0 Å². The van der Waals surface area contributed by atoms with Crippen LogP contribution in [0.1, 0.15) is 47.2 Å². The molecule has 2 amide bonds. The van der Waals surface area contributed by atoms with Crippen LogP contribution in [0.4, 0.5) is 10.5 Å². The van der Waals surface area contributed by atoms with E-state index in [0.29, 0.717) is 29.2 Å². The zero-order valence-corrected chi connectivity index (χ0v) is 14.4. The summed E-state index contributed by atoms with van der Waals surface area (Å²) >= 11 is 0. The molecule has 1 aliphatic rings. The van der Waals surface area contributed by atoms with E-state index in [4.69, 9.17) is 4.42 Å². The number of ketones is 1. The molecule has 1 aromatic heterocycles. The Hall–Kier alpha value is -2.60. The van der Waals surface area contributed by atoms with Gasteiger partial charge in [-0.15, -0.1) is 0 Å². The van der Waals surface area contributed by atoms with E-state index in [1.807, 2.05) is 6.07 Å². The van der Waals surface area contributed by atoms with Crippen molar-refractivity contribution in [2.45, 2.75) is 38.7 Å². The molecule has 3 N–H and O–H groups in total. The van der Waals surface area contributed by atoms with Gasteiger partial charge in [0, 0.05) is 17.7 Å². The van der Waals surface area contributed by atoms with Gasteiger partial charge in [0.1, 0.15) is 17.1 Å². The first-order valence-corrected chi connectivity index (χ1v) is 8.35. The maximum Gasteiger partial charge on any atom is 0.319 e. The van der Waals surface area contributed by atoms with Crippen LogP contribution >= 0.6 is 0 Å². The summed E-state index contributed by atoms with van der Waals surface area (Å²) < 4.78 is 5.41. The zero-order chi connectivity index (χ0) is 18.0. The standard InChI is InChI=1S/C19H22N2O4/c1-12-6-9-17(25-12)19(2,24)11-20-18(23)21-14-8-7-13-4-3-5-16(22)15(13)10-14/h6-10,24H,3-5,11H2,1-2H3,(H2,20,21,23). The minimum absolute atomic E-state index is 0.00431. The lowest BCUT2D eigenvalue weighted by molar-refractivity contribution is 0.0364. The maximum absolute atomic E-state index is 12.1. The van der Waals surface area contributed by atoms with Crippen molar-refractivity contribution >= 4 is 17.5 Å². The largest absolute Gasteiger partial charge is 0.463 e. The molecule has 0 radical (unpaired) electrons. The van der Waals surface area contributed by atoms with E-state index in [0.717, 1.165) is 18.4 Å². The van der Waals surface area contributed by atoms with Gasteiger partial charge in [0.25, 0.3) is 0 Å². The van der Waals surface area contributed by atoms with Gasteiger partial charge in [-0.1, -0.05) is 6.07 Å². The predicted octanol–water partition coefficient (Wildman–Crippen LogP) is 3.14. The van der Waals surface area contributed by atoms with Crippen LogP contribution in [0.25, 0.3) is 0 Å². The summed E-state index contributed by atoms with van der Waals surface area (Å²) in [6, 6.07) is 8.36. The second-order valence-electron chi connectivity index (χ2n) is 6.64. The molecular weight excluding hydrogens is 320 g/mol. The molecule has 0 saturated heterocycles. The third-order valence-electron chi connectivity index (χ3n) is 4.38. The summed E-state index contributed by atoms with van der Waals surface area (Å²) in [6.45, 7) is 3.36. The van der Waals surface area contributed by atoms with Crippen molar-refractivity contribution in [1.29, 1.82) is 0 Å². The first-order valence-electron chi connectivity index (χ1n) is 8.35. The van der Waals surface area contributed by atoms with Crippen LogP contribution in [0, 0.1) is 6.92 Å². The molecule has 6 nitrogen and oxygen atoms in total. The maximum atomic E-state index is 12.1. The molecule has 0 aliphatic heterocycles. The average molecular weight is 342 g/mol. The number of aryl methyl sites for hydroxylation is 2. The topological polar surface area (TPSA) is 91.6 Å². The second-order valence-corrected chi connectivity index (χ2v) is 6.64. The summed E-state index contributed by atoms with van der Waals surface area (Å²) in [5.41, 5.74) is 0.956. The van der Waals surface area contributed by atoms with Gasteiger partial charge >= 0.3 is 6.03 Å². The van der Waals surface area contributed by atoms with Crippen LogP contribution in [0.15, 0.2) is 34.7 Å². The van der Waals surface area contributed by atoms with E-state index < -0.39 is 11.6 Å². The molecule has 0 bridgehead atoms. The van der Waals surface area contributed by atoms with Crippen molar-refractivity contribution in [3.63, 3.8) is 0 Å². The summed E-state index contributed by atoms with van der Waals surface area (Å²) in [4.78, 5) is 24.1. The highest BCUT2D eigenvalue weighted by Crippen LogP contribution is 2.25. The van der Waals surface area contributed by atoms with Crippen molar-refractivity contribution in [1.82, 2.24) is 5.32 Å². The molecule has 1 aliphatic carbocycles. The highest BCUT2D eigenvalue weighted by molar-refractivity contribution is 6.00. The number of hydrogen-bond acceptors (Lipinski definition) is 4. The number of urea groups is 1. The molecule has 6 heteroatoms. The number of nitrogens with one attached hydrogen (secondary N) is 2. The number of furan rings is 1. The van der Waals surface area contributed by atoms with Crippen molar-refractivity contribution in [2.75, 3.05) is 11.9 Å². The Morgan fingerprint density at radius 1 is 1.28 bits per heavy atom. The third-order valence-corrected chi connectivity index (χ3v) is 4.38. The van der Waals surface area contributed by atoms with Gasteiger partial charge in [-0.05, 0) is 56.5 Å². The Labute approximate surface area is 146 Å². The fraction of sp³-hybridized carbons (Fsp3) is 0.368. The number of benzene rings is 1. The van der Waals surface area contributed by atoms with E-state index in [9.17, 15) is 14.7 Å². The molecule has 25 heavy (non-hydrogen) atoms. The Bertz CT molecular complexity index is 808. The minimum atomic E-state index is -1.31. The molecule has 2 aromatic rings. The molecule has 132 valence electrons. The number of hydrogen-bond donors (Lipinski definition) is 3. The lowest BCUT2D eigenvalue weighted by atomic mass is 9.90. The van der Waals surface area contributed by atoms with Crippen LogP contribution in [0.5, 0.6) is 0 Å². The van der Waals surface area contributed by atoms with E-state index in [1.54, 1.807) is 38.1 Å². The monoisotopic (exact) mass is 342 g/mol. The van der Waals surface area contributed by atoms with E-state index in [-0.39, 0.29) is 12.3 Å². The number of aliphatic hydroxyl groups is 1. The number of amides is 2. The van der Waals surface area contributed by atoms with Gasteiger partial charge in [0.05, 0.1) is 6.54 Å². The molecule has 0 fully saturated rings. The molecule has 1 heterocycles. The minimum Gasteiger partial charge on any atom is -0.463 e. The number of anilines is 1. The van der Waals surface area contributed by atoms with Gasteiger partial charge in [-0.3, -0.25) is 4.79 Å². The van der Waals surface area contributed by atoms with Crippen molar-refractivity contribution in [3.05, 3.63) is 53.0 Å². The lowest BCUT2D eigenvalue weighted by Gasteiger charge is -2.21. The lowest BCUT2D eigenvalue weighted by Crippen LogP contribution is -2.40. The fourth-order valence-corrected chi connectivity index (χ4v) is 2.94. The first kappa shape index (κ1) is 17.2. The second kappa shape index (κ2) is 6.72. The van der Waals surface area contributed by atoms with Gasteiger partial charge in [-0.25, -0.2) is 4.79 Å². The first-order chi connectivity index (χ1) is 11.8. The molecule has 3 rings (SSSR count). The fourth-order valence-electron chi connectivity index (χ4n) is 2.94. The van der Waals surface area contributed by atoms with Crippen molar-refractivity contribution in [2.24, 2.45) is 0 Å². The highest BCUT2D eigenvalue weighted by atomic mass is 16.4. The number of carbonyl (C=O) groups is 2. The van der Waals surface area contributed by atoms with Crippen molar-refractivity contribution < 1.29 is 19.1 Å². The summed E-state index contributed by atoms with van der Waals surface area (Å²) in [5, 5.41) is 15.7. The number of Topliss-reactive ketones (excluding diaryl/α,β-unsaturated/α-hetero) is 1. The Balaban J connectivity index is 1.61. The van der Waals surface area contributed by atoms with Crippen LogP contribution in [-0.2, 0) is 12.0 Å². The van der Waals surface area contributed by atoms with E-state index in [1.165, 1.54) is 0 Å². The van der Waals surface area contributed by atoms with Crippen LogP contribution in [0.2, 0.25) is 0 Å². The molecular formula is C19H22N2O4. The highest BCUT2D eigenvalue weighted by Gasteiger charge is 2.27. The van der Waals surface area contributed by atoms with Gasteiger partial charge in [0.2, 0.25) is 0 Å². The van der Waals surface area contributed by atoms with Crippen LogP contribution in [-0.4, -0.2) is 23.5 Å². The molecule has 1 aromatic carbocycles. The number of rotatable bonds is 4. The molecule has 0 spiro atoms. The quantitative estimate of drug-likeness (QED) is 0.796. The Morgan fingerprint density at radius 2 is 2.08 bits per heavy atom. The third kappa shape index (κ3) is 3.91. The van der Waals surface area contributed by atoms with Crippen LogP contribution < -0.4 is 10.6 Å². The number of fused-ring (bicyclic) bond motifs is 1. The Kier molecular flexibility index (Phi) is 4.63. The summed E-state index contributed by atoms with van der Waals surface area (Å²) in [5.74, 6) is 1.20. The van der Waals surface area contributed by atoms with Gasteiger partial charge < -0.3 is 20.2 Å². The average Bonchev–Trinajstić information content (AvgIpc) is 3.01. The Morgan fingerprint density at radius 3 is 2.80 bits per heavy atom. The smallest absolute Gasteiger partial charge is 0.319 e. The molecule has 1 unspecified atom stereocenters. The van der Waals surface area contributed by atoms with Gasteiger partial charge in [-0.2, -0.15) is 0 Å². The zero-order valence-electron chi connectivity index (χ0n) is 14.4. The van der Waals surface area contributed by atoms with E-state index in [2.05, 4.69) is 10.6 Å². The SMILES string of the molecule is Cc1ccc(C(C)(O)CNC(=O)Nc2ccc3c(c2)C(=O)CCC3)o1. The predicted molar refractivity (Wildman–Crippen MR) is 93.7 cm³/mol. The van der Waals surface area contributed by atoms with Crippen molar-refractivity contribution in [3.8, 4) is 0 Å². The molecule has 1 atom stereocenters. The normalized spacial score (nSPS) is 16.0. The van der Waals surface area contributed by atoms with Crippen LogP contribution in [0.3, 0.4) is 0 Å².